The summed E-state index contributed by atoms with van der Waals surface area (Å²) in [4.78, 5) is 11.5. The second-order valence-corrected chi connectivity index (χ2v) is 4.54. The fraction of sp³-hybridized carbons (Fsp3) is 0.167. The Bertz CT molecular complexity index is 546. The third-order valence-corrected chi connectivity index (χ3v) is 2.80. The second kappa shape index (κ2) is 4.22. The number of benzene rings is 1. The van der Waals surface area contributed by atoms with Crippen molar-refractivity contribution in [1.82, 2.24) is 9.78 Å². The Morgan fingerprint density at radius 1 is 1.38 bits per heavy atom. The van der Waals surface area contributed by atoms with E-state index < -0.39 is 0 Å². The van der Waals surface area contributed by atoms with Crippen LogP contribution in [0.1, 0.15) is 23.0 Å². The van der Waals surface area contributed by atoms with Gasteiger partial charge in [-0.3, -0.25) is 4.79 Å². The maximum Gasteiger partial charge on any atom is 0.161 e. The normalized spacial score (nSPS) is 10.4. The van der Waals surface area contributed by atoms with Crippen LogP contribution in [0.15, 0.2) is 34.9 Å². The molecule has 0 atom stereocenters. The van der Waals surface area contributed by atoms with Crippen LogP contribution in [0.4, 0.5) is 0 Å². The molecule has 0 N–H and O–H groups in total. The second-order valence-electron chi connectivity index (χ2n) is 3.62. The van der Waals surface area contributed by atoms with Gasteiger partial charge in [0.25, 0.3) is 0 Å². The summed E-state index contributed by atoms with van der Waals surface area (Å²) in [6.45, 7) is 3.48. The zero-order valence-electron chi connectivity index (χ0n) is 9.07. The smallest absolute Gasteiger partial charge is 0.161 e. The molecule has 1 aromatic heterocycles. The van der Waals surface area contributed by atoms with Gasteiger partial charge in [0.15, 0.2) is 5.78 Å². The molecule has 0 aliphatic rings. The standard InChI is InChI=1S/C12H11BrN2O/c1-8-5-6-15(14-8)12-7-10(13)3-4-11(12)9(2)16/h3-7H,1-2H3. The van der Waals surface area contributed by atoms with Gasteiger partial charge in [-0.2, -0.15) is 5.10 Å². The summed E-state index contributed by atoms with van der Waals surface area (Å²) >= 11 is 3.40. The lowest BCUT2D eigenvalue weighted by atomic mass is 10.1. The molecule has 2 rings (SSSR count). The Morgan fingerprint density at radius 2 is 2.12 bits per heavy atom. The molecule has 0 radical (unpaired) electrons. The van der Waals surface area contributed by atoms with Gasteiger partial charge in [0.1, 0.15) is 0 Å². The van der Waals surface area contributed by atoms with Crippen LogP contribution in [0.2, 0.25) is 0 Å². The van der Waals surface area contributed by atoms with Crippen molar-refractivity contribution in [3.8, 4) is 5.69 Å². The number of hydrogen-bond donors (Lipinski definition) is 0. The molecule has 3 nitrogen and oxygen atoms in total. The summed E-state index contributed by atoms with van der Waals surface area (Å²) in [5.74, 6) is 0.0376. The van der Waals surface area contributed by atoms with Crippen LogP contribution in [0.3, 0.4) is 0 Å². The maximum atomic E-state index is 11.5. The highest BCUT2D eigenvalue weighted by Gasteiger charge is 2.10. The van der Waals surface area contributed by atoms with Crippen molar-refractivity contribution < 1.29 is 4.79 Å². The van der Waals surface area contributed by atoms with Gasteiger partial charge in [0.05, 0.1) is 11.4 Å². The van der Waals surface area contributed by atoms with E-state index in [0.717, 1.165) is 15.9 Å². The van der Waals surface area contributed by atoms with Crippen LogP contribution < -0.4 is 0 Å². The van der Waals surface area contributed by atoms with Crippen LogP contribution in [-0.2, 0) is 0 Å². The van der Waals surface area contributed by atoms with Gasteiger partial charge in [-0.25, -0.2) is 4.68 Å². The summed E-state index contributed by atoms with van der Waals surface area (Å²) in [5, 5.41) is 4.31. The molecule has 82 valence electrons. The molecule has 0 unspecified atom stereocenters. The molecule has 0 aliphatic heterocycles. The molecule has 2 aromatic rings. The fourth-order valence-electron chi connectivity index (χ4n) is 1.54. The first kappa shape index (κ1) is 11.1. The van der Waals surface area contributed by atoms with E-state index in [9.17, 15) is 4.79 Å². The molecule has 0 fully saturated rings. The highest BCUT2D eigenvalue weighted by Crippen LogP contribution is 2.20. The van der Waals surface area contributed by atoms with E-state index in [4.69, 9.17) is 0 Å². The summed E-state index contributed by atoms with van der Waals surface area (Å²) in [5.41, 5.74) is 2.40. The minimum absolute atomic E-state index is 0.0376. The summed E-state index contributed by atoms with van der Waals surface area (Å²) in [6, 6.07) is 7.46. The summed E-state index contributed by atoms with van der Waals surface area (Å²) in [7, 11) is 0. The van der Waals surface area contributed by atoms with Crippen LogP contribution in [-0.4, -0.2) is 15.6 Å². The zero-order chi connectivity index (χ0) is 11.7. The van der Waals surface area contributed by atoms with Crippen molar-refractivity contribution in [2.75, 3.05) is 0 Å². The van der Waals surface area contributed by atoms with E-state index in [2.05, 4.69) is 21.0 Å². The van der Waals surface area contributed by atoms with Crippen molar-refractivity contribution >= 4 is 21.7 Å². The van der Waals surface area contributed by atoms with Gasteiger partial charge in [-0.05, 0) is 38.1 Å². The first-order valence-corrected chi connectivity index (χ1v) is 5.70. The number of rotatable bonds is 2. The molecular formula is C12H11BrN2O. The molecule has 16 heavy (non-hydrogen) atoms. The van der Waals surface area contributed by atoms with Crippen molar-refractivity contribution in [3.63, 3.8) is 0 Å². The number of nitrogens with zero attached hydrogens (tertiary/aromatic N) is 2. The number of ketones is 1. The number of hydrogen-bond acceptors (Lipinski definition) is 2. The molecule has 0 saturated heterocycles. The highest BCUT2D eigenvalue weighted by molar-refractivity contribution is 9.10. The van der Waals surface area contributed by atoms with Gasteiger partial charge >= 0.3 is 0 Å². The topological polar surface area (TPSA) is 34.9 Å². The van der Waals surface area contributed by atoms with Crippen LogP contribution in [0, 0.1) is 6.92 Å². The van der Waals surface area contributed by atoms with Crippen LogP contribution in [0.5, 0.6) is 0 Å². The Balaban J connectivity index is 2.62. The molecule has 0 bridgehead atoms. The number of aryl methyl sites for hydroxylation is 1. The molecule has 1 aromatic carbocycles. The fourth-order valence-corrected chi connectivity index (χ4v) is 1.89. The van der Waals surface area contributed by atoms with E-state index in [1.165, 1.54) is 0 Å². The Morgan fingerprint density at radius 3 is 2.69 bits per heavy atom. The van der Waals surface area contributed by atoms with Crippen molar-refractivity contribution in [3.05, 3.63) is 46.2 Å². The maximum absolute atomic E-state index is 11.5. The number of halogens is 1. The molecule has 0 aliphatic carbocycles. The van der Waals surface area contributed by atoms with Gasteiger partial charge in [0, 0.05) is 16.2 Å². The van der Waals surface area contributed by atoms with Crippen molar-refractivity contribution in [2.24, 2.45) is 0 Å². The first-order valence-electron chi connectivity index (χ1n) is 4.91. The lowest BCUT2D eigenvalue weighted by molar-refractivity contribution is 0.101. The van der Waals surface area contributed by atoms with Gasteiger partial charge in [-0.15, -0.1) is 0 Å². The highest BCUT2D eigenvalue weighted by atomic mass is 79.9. The average Bonchev–Trinajstić information content (AvgIpc) is 2.64. The Kier molecular flexibility index (Phi) is 2.92. The summed E-state index contributed by atoms with van der Waals surface area (Å²) < 4.78 is 2.65. The van der Waals surface area contributed by atoms with Gasteiger partial charge in [0.2, 0.25) is 0 Å². The van der Waals surface area contributed by atoms with E-state index in [1.807, 2.05) is 31.3 Å². The first-order chi connectivity index (χ1) is 7.58. The average molecular weight is 279 g/mol. The minimum atomic E-state index is 0.0376. The quantitative estimate of drug-likeness (QED) is 0.791. The van der Waals surface area contributed by atoms with Gasteiger partial charge < -0.3 is 0 Å². The number of carbonyl (C=O) groups is 1. The third kappa shape index (κ3) is 2.07. The van der Waals surface area contributed by atoms with Gasteiger partial charge in [-0.1, -0.05) is 15.9 Å². The SMILES string of the molecule is CC(=O)c1ccc(Br)cc1-n1ccc(C)n1. The lowest BCUT2D eigenvalue weighted by Crippen LogP contribution is -2.04. The zero-order valence-corrected chi connectivity index (χ0v) is 10.7. The lowest BCUT2D eigenvalue weighted by Gasteiger charge is -2.07. The van der Waals surface area contributed by atoms with Crippen LogP contribution >= 0.6 is 15.9 Å². The Labute approximate surface area is 102 Å². The largest absolute Gasteiger partial charge is 0.294 e. The monoisotopic (exact) mass is 278 g/mol. The molecular weight excluding hydrogens is 268 g/mol. The number of aromatic nitrogens is 2. The van der Waals surface area contributed by atoms with E-state index >= 15 is 0 Å². The molecule has 0 saturated carbocycles. The van der Waals surface area contributed by atoms with E-state index in [1.54, 1.807) is 17.7 Å². The molecule has 0 amide bonds. The van der Waals surface area contributed by atoms with E-state index in [0.29, 0.717) is 5.56 Å². The molecule has 0 spiro atoms. The van der Waals surface area contributed by atoms with Crippen molar-refractivity contribution in [2.45, 2.75) is 13.8 Å². The molecule has 4 heteroatoms. The number of carbonyl (C=O) groups excluding carboxylic acids is 1. The van der Waals surface area contributed by atoms with Crippen molar-refractivity contribution in [1.29, 1.82) is 0 Å². The predicted molar refractivity (Wildman–Crippen MR) is 66.0 cm³/mol. The number of Topliss-reactive ketones (excluding diaryl/α,β-unsaturated/α-hetero) is 1. The van der Waals surface area contributed by atoms with Crippen LogP contribution in [0.25, 0.3) is 5.69 Å². The molecule has 1 heterocycles. The summed E-state index contributed by atoms with van der Waals surface area (Å²) in [6.07, 6.45) is 1.85. The van der Waals surface area contributed by atoms with E-state index in [-0.39, 0.29) is 5.78 Å². The third-order valence-electron chi connectivity index (χ3n) is 2.31. The minimum Gasteiger partial charge on any atom is -0.294 e. The predicted octanol–water partition coefficient (Wildman–Crippen LogP) is 3.15. The Hall–Kier alpha value is -1.42.